The van der Waals surface area contributed by atoms with E-state index in [1.807, 2.05) is 6.92 Å². The molecule has 25 heavy (non-hydrogen) atoms. The average molecular weight is 367 g/mol. The molecule has 3 N–H and O–H groups in total. The third kappa shape index (κ3) is 6.63. The lowest BCUT2D eigenvalue weighted by atomic mass is 10.2. The fourth-order valence-corrected chi connectivity index (χ4v) is 3.36. The number of aromatic nitrogens is 2. The van der Waals surface area contributed by atoms with Gasteiger partial charge >= 0.3 is 0 Å². The summed E-state index contributed by atoms with van der Waals surface area (Å²) in [6, 6.07) is 7.31. The van der Waals surface area contributed by atoms with Crippen LogP contribution in [0.1, 0.15) is 18.3 Å². The normalized spacial score (nSPS) is 11.3. The van der Waals surface area contributed by atoms with Crippen LogP contribution in [0.15, 0.2) is 30.3 Å². The van der Waals surface area contributed by atoms with Gasteiger partial charge in [0.15, 0.2) is 0 Å². The molecule has 0 radical (unpaired) electrons. The Bertz CT molecular complexity index is 814. The van der Waals surface area contributed by atoms with Gasteiger partial charge in [-0.05, 0) is 31.5 Å². The fourth-order valence-electron chi connectivity index (χ4n) is 2.22. The topological polar surface area (TPSA) is 96.0 Å². The van der Waals surface area contributed by atoms with Crippen molar-refractivity contribution in [3.05, 3.63) is 47.5 Å². The number of nitrogens with one attached hydrogen (secondary N) is 3. The first-order valence-corrected chi connectivity index (χ1v) is 9.58. The van der Waals surface area contributed by atoms with Crippen LogP contribution >= 0.6 is 0 Å². The maximum Gasteiger partial charge on any atom is 0.215 e. The summed E-state index contributed by atoms with van der Waals surface area (Å²) in [6.07, 6.45) is 0. The molecular formula is C16H22FN5O2S. The van der Waals surface area contributed by atoms with Crippen molar-refractivity contribution in [3.8, 4) is 0 Å². The second-order valence-electron chi connectivity index (χ2n) is 5.43. The minimum Gasteiger partial charge on any atom is -0.370 e. The fraction of sp³-hybridized carbons (Fsp3) is 0.375. The van der Waals surface area contributed by atoms with Crippen molar-refractivity contribution in [3.63, 3.8) is 0 Å². The van der Waals surface area contributed by atoms with Gasteiger partial charge in [0, 0.05) is 25.7 Å². The van der Waals surface area contributed by atoms with Crippen molar-refractivity contribution < 1.29 is 12.8 Å². The Balaban J connectivity index is 1.84. The molecule has 136 valence electrons. The largest absolute Gasteiger partial charge is 0.370 e. The molecule has 1 aromatic carbocycles. The molecular weight excluding hydrogens is 345 g/mol. The summed E-state index contributed by atoms with van der Waals surface area (Å²) in [5.74, 6) is 1.23. The number of rotatable bonds is 9. The summed E-state index contributed by atoms with van der Waals surface area (Å²) >= 11 is 0. The van der Waals surface area contributed by atoms with Crippen LogP contribution in [0.5, 0.6) is 0 Å². The van der Waals surface area contributed by atoms with Gasteiger partial charge < -0.3 is 10.6 Å². The molecule has 0 saturated heterocycles. The van der Waals surface area contributed by atoms with Crippen LogP contribution in [0, 0.1) is 12.7 Å². The highest BCUT2D eigenvalue weighted by atomic mass is 32.2. The zero-order valence-electron chi connectivity index (χ0n) is 14.2. The molecule has 0 aliphatic rings. The summed E-state index contributed by atoms with van der Waals surface area (Å²) in [4.78, 5) is 8.49. The number of anilines is 2. The van der Waals surface area contributed by atoms with Gasteiger partial charge in [-0.3, -0.25) is 0 Å². The average Bonchev–Trinajstić information content (AvgIpc) is 2.51. The van der Waals surface area contributed by atoms with Crippen LogP contribution in [0.25, 0.3) is 0 Å². The van der Waals surface area contributed by atoms with Crippen molar-refractivity contribution in [2.24, 2.45) is 0 Å². The first kappa shape index (κ1) is 19.1. The molecule has 2 rings (SSSR count). The maximum atomic E-state index is 13.1. The summed E-state index contributed by atoms with van der Waals surface area (Å²) in [7, 11) is -3.53. The predicted molar refractivity (Wildman–Crippen MR) is 96.4 cm³/mol. The minimum absolute atomic E-state index is 0.192. The Morgan fingerprint density at radius 1 is 1.08 bits per heavy atom. The number of aryl methyl sites for hydroxylation is 1. The van der Waals surface area contributed by atoms with E-state index in [4.69, 9.17) is 0 Å². The zero-order valence-corrected chi connectivity index (χ0v) is 15.0. The van der Waals surface area contributed by atoms with E-state index in [0.717, 1.165) is 6.54 Å². The van der Waals surface area contributed by atoms with Gasteiger partial charge in [-0.2, -0.15) is 0 Å². The van der Waals surface area contributed by atoms with Crippen molar-refractivity contribution in [2.75, 3.05) is 30.3 Å². The van der Waals surface area contributed by atoms with Gasteiger partial charge in [-0.25, -0.2) is 27.5 Å². The van der Waals surface area contributed by atoms with Crippen molar-refractivity contribution in [1.29, 1.82) is 0 Å². The molecule has 0 aliphatic carbocycles. The summed E-state index contributed by atoms with van der Waals surface area (Å²) in [6.45, 7) is 5.06. The molecule has 0 fully saturated rings. The molecule has 0 unspecified atom stereocenters. The summed E-state index contributed by atoms with van der Waals surface area (Å²) in [5.41, 5.74) is 0.405. The first-order chi connectivity index (χ1) is 11.9. The SMILES string of the molecule is CCNc1cc(NCCNS(=O)(=O)Cc2cccc(F)c2)nc(C)n1. The van der Waals surface area contributed by atoms with Crippen LogP contribution in [0.3, 0.4) is 0 Å². The second kappa shape index (κ2) is 8.72. The molecule has 1 heterocycles. The van der Waals surface area contributed by atoms with E-state index in [1.54, 1.807) is 19.1 Å². The minimum atomic E-state index is -3.53. The van der Waals surface area contributed by atoms with Gasteiger partial charge in [0.25, 0.3) is 0 Å². The lowest BCUT2D eigenvalue weighted by Gasteiger charge is -2.10. The Morgan fingerprint density at radius 3 is 2.48 bits per heavy atom. The number of halogens is 1. The zero-order chi connectivity index (χ0) is 18.3. The van der Waals surface area contributed by atoms with Gasteiger partial charge in [0.2, 0.25) is 10.0 Å². The molecule has 9 heteroatoms. The third-order valence-corrected chi connectivity index (χ3v) is 4.55. The lowest BCUT2D eigenvalue weighted by Crippen LogP contribution is -2.30. The molecule has 1 aromatic heterocycles. The number of hydrogen-bond acceptors (Lipinski definition) is 6. The van der Waals surface area contributed by atoms with Gasteiger partial charge in [0.05, 0.1) is 5.75 Å². The number of benzene rings is 1. The quantitative estimate of drug-likeness (QED) is 0.586. The Kier molecular flexibility index (Phi) is 6.65. The highest BCUT2D eigenvalue weighted by Crippen LogP contribution is 2.10. The Morgan fingerprint density at radius 2 is 1.80 bits per heavy atom. The van der Waals surface area contributed by atoms with E-state index in [1.165, 1.54) is 18.2 Å². The molecule has 0 aliphatic heterocycles. The van der Waals surface area contributed by atoms with Crippen LogP contribution < -0.4 is 15.4 Å². The van der Waals surface area contributed by atoms with Gasteiger partial charge in [0.1, 0.15) is 23.3 Å². The summed E-state index contributed by atoms with van der Waals surface area (Å²) in [5, 5.41) is 6.15. The van der Waals surface area contributed by atoms with Crippen molar-refractivity contribution >= 4 is 21.7 Å². The van der Waals surface area contributed by atoms with E-state index in [9.17, 15) is 12.8 Å². The second-order valence-corrected chi connectivity index (χ2v) is 7.23. The van der Waals surface area contributed by atoms with Gasteiger partial charge in [-0.1, -0.05) is 12.1 Å². The van der Waals surface area contributed by atoms with Crippen LogP contribution in [0.4, 0.5) is 16.0 Å². The number of hydrogen-bond donors (Lipinski definition) is 3. The third-order valence-electron chi connectivity index (χ3n) is 3.19. The van der Waals surface area contributed by atoms with E-state index in [2.05, 4.69) is 25.3 Å². The molecule has 2 aromatic rings. The number of sulfonamides is 1. The Hall–Kier alpha value is -2.26. The first-order valence-electron chi connectivity index (χ1n) is 7.93. The maximum absolute atomic E-state index is 13.1. The highest BCUT2D eigenvalue weighted by molar-refractivity contribution is 7.88. The van der Waals surface area contributed by atoms with E-state index < -0.39 is 15.8 Å². The smallest absolute Gasteiger partial charge is 0.215 e. The van der Waals surface area contributed by atoms with Crippen molar-refractivity contribution in [1.82, 2.24) is 14.7 Å². The van der Waals surface area contributed by atoms with Crippen LogP contribution in [-0.4, -0.2) is 38.0 Å². The molecule has 0 bridgehead atoms. The molecule has 0 amide bonds. The standard InChI is InChI=1S/C16H22FN5O2S/c1-3-18-15-10-16(22-12(2)21-15)19-7-8-20-25(23,24)11-13-5-4-6-14(17)9-13/h4-6,9-10,20H,3,7-8,11H2,1-2H3,(H2,18,19,21,22). The predicted octanol–water partition coefficient (Wildman–Crippen LogP) is 1.89. The van der Waals surface area contributed by atoms with Crippen LogP contribution in [0.2, 0.25) is 0 Å². The molecule has 0 atom stereocenters. The Labute approximate surface area is 147 Å². The highest BCUT2D eigenvalue weighted by Gasteiger charge is 2.11. The molecule has 0 saturated carbocycles. The molecule has 0 spiro atoms. The van der Waals surface area contributed by atoms with E-state index in [0.29, 0.717) is 29.6 Å². The monoisotopic (exact) mass is 367 g/mol. The summed E-state index contributed by atoms with van der Waals surface area (Å²) < 4.78 is 39.6. The van der Waals surface area contributed by atoms with E-state index in [-0.39, 0.29) is 12.3 Å². The van der Waals surface area contributed by atoms with Crippen molar-refractivity contribution in [2.45, 2.75) is 19.6 Å². The van der Waals surface area contributed by atoms with Crippen LogP contribution in [-0.2, 0) is 15.8 Å². The number of nitrogens with zero attached hydrogens (tertiary/aromatic N) is 2. The van der Waals surface area contributed by atoms with Gasteiger partial charge in [-0.15, -0.1) is 0 Å². The molecule has 7 nitrogen and oxygen atoms in total. The lowest BCUT2D eigenvalue weighted by molar-refractivity contribution is 0.581. The van der Waals surface area contributed by atoms with E-state index >= 15 is 0 Å².